The van der Waals surface area contributed by atoms with Crippen LogP contribution in [0.2, 0.25) is 0 Å². The molecule has 0 aliphatic carbocycles. The minimum atomic E-state index is -0.0936. The van der Waals surface area contributed by atoms with Crippen molar-refractivity contribution in [3.05, 3.63) is 101 Å². The molecule has 0 saturated heterocycles. The Morgan fingerprint density at radius 2 is 1.91 bits per heavy atom. The van der Waals surface area contributed by atoms with E-state index >= 15 is 0 Å². The Kier molecular flexibility index (Phi) is 5.44. The number of amides is 1. The minimum Gasteiger partial charge on any atom is -0.497 e. The van der Waals surface area contributed by atoms with Crippen LogP contribution in [-0.4, -0.2) is 29.4 Å². The van der Waals surface area contributed by atoms with Gasteiger partial charge >= 0.3 is 0 Å². The largest absolute Gasteiger partial charge is 0.497 e. The van der Waals surface area contributed by atoms with Crippen LogP contribution in [0.3, 0.4) is 0 Å². The molecule has 5 rings (SSSR count). The van der Waals surface area contributed by atoms with Gasteiger partial charge < -0.3 is 14.6 Å². The Morgan fingerprint density at radius 3 is 2.75 bits per heavy atom. The fourth-order valence-electron chi connectivity index (χ4n) is 4.92. The number of aromatic nitrogens is 1. The van der Waals surface area contributed by atoms with Crippen molar-refractivity contribution in [1.29, 1.82) is 0 Å². The number of benzene rings is 3. The Labute approximate surface area is 188 Å². The molecule has 1 aliphatic heterocycles. The van der Waals surface area contributed by atoms with Crippen LogP contribution in [0.5, 0.6) is 5.75 Å². The second-order valence-corrected chi connectivity index (χ2v) is 8.57. The van der Waals surface area contributed by atoms with Crippen molar-refractivity contribution >= 4 is 16.8 Å². The van der Waals surface area contributed by atoms with Crippen molar-refractivity contribution in [2.75, 3.05) is 13.7 Å². The summed E-state index contributed by atoms with van der Waals surface area (Å²) in [5.74, 6) is 1.01. The molecule has 3 aromatic carbocycles. The molecule has 1 aromatic heterocycles. The maximum Gasteiger partial charge on any atom is 0.223 e. The number of carbonyl (C=O) groups is 1. The van der Waals surface area contributed by atoms with Gasteiger partial charge in [0.15, 0.2) is 0 Å². The quantitative estimate of drug-likeness (QED) is 0.454. The van der Waals surface area contributed by atoms with E-state index in [0.717, 1.165) is 41.1 Å². The predicted molar refractivity (Wildman–Crippen MR) is 128 cm³/mol. The number of hydrogen-bond acceptors (Lipinski definition) is 2. The zero-order valence-electron chi connectivity index (χ0n) is 18.6. The van der Waals surface area contributed by atoms with Crippen LogP contribution in [0.1, 0.15) is 40.4 Å². The first-order chi connectivity index (χ1) is 15.6. The topological polar surface area (TPSA) is 45.3 Å². The van der Waals surface area contributed by atoms with Crippen molar-refractivity contribution in [2.45, 2.75) is 32.2 Å². The van der Waals surface area contributed by atoms with Gasteiger partial charge in [-0.1, -0.05) is 60.2 Å². The van der Waals surface area contributed by atoms with Crippen molar-refractivity contribution in [3.63, 3.8) is 0 Å². The van der Waals surface area contributed by atoms with Gasteiger partial charge in [-0.05, 0) is 54.7 Å². The van der Waals surface area contributed by atoms with Gasteiger partial charge in [0, 0.05) is 29.6 Å². The third kappa shape index (κ3) is 3.77. The van der Waals surface area contributed by atoms with E-state index in [0.29, 0.717) is 12.8 Å². The summed E-state index contributed by atoms with van der Waals surface area (Å²) in [4.78, 5) is 19.2. The maximum absolute atomic E-state index is 13.5. The number of ether oxygens (including phenoxy) is 1. The summed E-state index contributed by atoms with van der Waals surface area (Å²) in [5, 5.41) is 1.27. The number of nitrogens with zero attached hydrogens (tertiary/aromatic N) is 1. The lowest BCUT2D eigenvalue weighted by atomic mass is 9.91. The molecule has 1 amide bonds. The normalized spacial score (nSPS) is 15.6. The lowest BCUT2D eigenvalue weighted by Crippen LogP contribution is -2.40. The fraction of sp³-hybridized carbons (Fsp3) is 0.250. The number of aromatic amines is 1. The van der Waals surface area contributed by atoms with E-state index in [-0.39, 0.29) is 11.9 Å². The van der Waals surface area contributed by atoms with Crippen molar-refractivity contribution < 1.29 is 9.53 Å². The number of fused-ring (bicyclic) bond motifs is 3. The molecule has 4 aromatic rings. The van der Waals surface area contributed by atoms with E-state index in [1.165, 1.54) is 16.5 Å². The van der Waals surface area contributed by atoms with Crippen molar-refractivity contribution in [1.82, 2.24) is 9.88 Å². The molecule has 1 aliphatic rings. The summed E-state index contributed by atoms with van der Waals surface area (Å²) in [5.41, 5.74) is 7.11. The van der Waals surface area contributed by atoms with Crippen LogP contribution in [0, 0.1) is 6.92 Å². The van der Waals surface area contributed by atoms with E-state index in [1.807, 2.05) is 18.2 Å². The third-order valence-electron chi connectivity index (χ3n) is 6.47. The van der Waals surface area contributed by atoms with Crippen LogP contribution in [0.4, 0.5) is 0 Å². The molecule has 0 unspecified atom stereocenters. The van der Waals surface area contributed by atoms with E-state index in [9.17, 15) is 4.79 Å². The summed E-state index contributed by atoms with van der Waals surface area (Å²) in [6.07, 6.45) is 2.05. The number of carbonyl (C=O) groups excluding carboxylic acids is 1. The maximum atomic E-state index is 13.5. The molecule has 2 heterocycles. The van der Waals surface area contributed by atoms with Gasteiger partial charge in [-0.2, -0.15) is 0 Å². The highest BCUT2D eigenvalue weighted by molar-refractivity contribution is 5.86. The van der Waals surface area contributed by atoms with E-state index in [2.05, 4.69) is 71.4 Å². The molecule has 1 atom stereocenters. The number of aryl methyl sites for hydroxylation is 2. The molecule has 0 radical (unpaired) electrons. The Bertz CT molecular complexity index is 1270. The number of para-hydroxylation sites is 1. The van der Waals surface area contributed by atoms with Crippen LogP contribution < -0.4 is 4.74 Å². The van der Waals surface area contributed by atoms with Crippen molar-refractivity contribution in [3.8, 4) is 5.75 Å². The molecule has 0 fully saturated rings. The summed E-state index contributed by atoms with van der Waals surface area (Å²) < 4.78 is 5.33. The highest BCUT2D eigenvalue weighted by atomic mass is 16.5. The van der Waals surface area contributed by atoms with Gasteiger partial charge in [-0.25, -0.2) is 0 Å². The van der Waals surface area contributed by atoms with Crippen molar-refractivity contribution in [2.24, 2.45) is 0 Å². The Morgan fingerprint density at radius 1 is 1.06 bits per heavy atom. The van der Waals surface area contributed by atoms with Crippen LogP contribution in [0.25, 0.3) is 10.9 Å². The third-order valence-corrected chi connectivity index (χ3v) is 6.47. The minimum absolute atomic E-state index is 0.0936. The van der Waals surface area contributed by atoms with Gasteiger partial charge in [-0.15, -0.1) is 0 Å². The van der Waals surface area contributed by atoms with Gasteiger partial charge in [0.2, 0.25) is 5.91 Å². The van der Waals surface area contributed by atoms with Gasteiger partial charge in [0.05, 0.1) is 13.2 Å². The second-order valence-electron chi connectivity index (χ2n) is 8.57. The number of hydrogen-bond donors (Lipinski definition) is 1. The number of H-pyrrole nitrogens is 1. The second kappa shape index (κ2) is 8.54. The molecule has 4 nitrogen and oxygen atoms in total. The number of nitrogens with one attached hydrogen (secondary N) is 1. The zero-order chi connectivity index (χ0) is 22.1. The average molecular weight is 425 g/mol. The molecular formula is C28H28N2O2. The average Bonchev–Trinajstić information content (AvgIpc) is 3.20. The van der Waals surface area contributed by atoms with Crippen LogP contribution >= 0.6 is 0 Å². The molecule has 0 saturated carbocycles. The van der Waals surface area contributed by atoms with Crippen LogP contribution in [0.15, 0.2) is 72.8 Å². The molecule has 0 bridgehead atoms. The number of rotatable bonds is 5. The molecule has 1 N–H and O–H groups in total. The summed E-state index contributed by atoms with van der Waals surface area (Å²) in [6.45, 7) is 2.83. The molecule has 162 valence electrons. The SMILES string of the molecule is COc1cccc(CCC(=O)N2CCc3c([nH]c4ccccc34)[C@@H]2c2cccc(C)c2)c1. The monoisotopic (exact) mass is 424 g/mol. The lowest BCUT2D eigenvalue weighted by Gasteiger charge is -2.36. The Hall–Kier alpha value is -3.53. The fourth-order valence-corrected chi connectivity index (χ4v) is 4.92. The van der Waals surface area contributed by atoms with E-state index in [4.69, 9.17) is 4.74 Å². The standard InChI is InChI=1S/C28H28N2O2/c1-19-7-5-9-21(17-19)28-27-24(23-11-3-4-12-25(23)29-27)15-16-30(28)26(31)14-13-20-8-6-10-22(18-20)32-2/h3-12,17-18,28-29H,13-16H2,1-2H3/t28-/m0/s1. The summed E-state index contributed by atoms with van der Waals surface area (Å²) >= 11 is 0. The summed E-state index contributed by atoms with van der Waals surface area (Å²) in [7, 11) is 1.67. The summed E-state index contributed by atoms with van der Waals surface area (Å²) in [6, 6.07) is 24.9. The molecular weight excluding hydrogens is 396 g/mol. The molecule has 4 heteroatoms. The predicted octanol–water partition coefficient (Wildman–Crippen LogP) is 5.59. The first-order valence-corrected chi connectivity index (χ1v) is 11.2. The first-order valence-electron chi connectivity index (χ1n) is 11.2. The van der Waals surface area contributed by atoms with Crippen LogP contribution in [-0.2, 0) is 17.6 Å². The van der Waals surface area contributed by atoms with Gasteiger partial charge in [0.25, 0.3) is 0 Å². The highest BCUT2D eigenvalue weighted by Gasteiger charge is 2.34. The van der Waals surface area contributed by atoms with Gasteiger partial charge in [0.1, 0.15) is 5.75 Å². The van der Waals surface area contributed by atoms with E-state index in [1.54, 1.807) is 7.11 Å². The number of methoxy groups -OCH3 is 1. The van der Waals surface area contributed by atoms with Gasteiger partial charge in [-0.3, -0.25) is 4.79 Å². The molecule has 32 heavy (non-hydrogen) atoms. The highest BCUT2D eigenvalue weighted by Crippen LogP contribution is 2.39. The van der Waals surface area contributed by atoms with E-state index < -0.39 is 0 Å². The zero-order valence-corrected chi connectivity index (χ0v) is 18.6. The Balaban J connectivity index is 1.48. The lowest BCUT2D eigenvalue weighted by molar-refractivity contribution is -0.133. The molecule has 0 spiro atoms. The smallest absolute Gasteiger partial charge is 0.223 e. The first kappa shape index (κ1) is 20.4.